The summed E-state index contributed by atoms with van der Waals surface area (Å²) >= 11 is 5.05. The van der Waals surface area contributed by atoms with Crippen LogP contribution < -0.4 is 0 Å². The number of hydrogen-bond donors (Lipinski definition) is 0. The van der Waals surface area contributed by atoms with Crippen LogP contribution in [0.15, 0.2) is 0 Å². The fourth-order valence-corrected chi connectivity index (χ4v) is 2.74. The number of hydrogen-bond acceptors (Lipinski definition) is 2. The van der Waals surface area contributed by atoms with Crippen molar-refractivity contribution < 1.29 is 4.79 Å². The van der Waals surface area contributed by atoms with Crippen molar-refractivity contribution in [3.05, 3.63) is 0 Å². The molecule has 1 rings (SSSR count). The van der Waals surface area contributed by atoms with Crippen molar-refractivity contribution in [2.45, 2.75) is 12.8 Å². The molecule has 0 aromatic heterocycles. The molecule has 0 spiro atoms. The SMILES string of the molecule is CSCC(=O)N1CCC(CCBr)C1. The second-order valence-corrected chi connectivity index (χ2v) is 5.06. The van der Waals surface area contributed by atoms with Crippen LogP contribution in [0.2, 0.25) is 0 Å². The summed E-state index contributed by atoms with van der Waals surface area (Å²) in [6.45, 7) is 1.95. The summed E-state index contributed by atoms with van der Waals surface area (Å²) in [7, 11) is 0. The number of carbonyl (C=O) groups is 1. The Morgan fingerprint density at radius 1 is 1.69 bits per heavy atom. The standard InChI is InChI=1S/C9H16BrNOS/c1-13-7-9(12)11-5-3-8(6-11)2-4-10/h8H,2-7H2,1H3. The molecule has 2 nitrogen and oxygen atoms in total. The Bertz CT molecular complexity index is 177. The van der Waals surface area contributed by atoms with Gasteiger partial charge in [-0.3, -0.25) is 4.79 Å². The van der Waals surface area contributed by atoms with E-state index in [0.29, 0.717) is 11.7 Å². The quantitative estimate of drug-likeness (QED) is 0.725. The van der Waals surface area contributed by atoms with E-state index in [1.807, 2.05) is 11.2 Å². The molecular weight excluding hydrogens is 250 g/mol. The van der Waals surface area contributed by atoms with Gasteiger partial charge in [0.05, 0.1) is 5.75 Å². The van der Waals surface area contributed by atoms with Crippen LogP contribution in [0.25, 0.3) is 0 Å². The summed E-state index contributed by atoms with van der Waals surface area (Å²) in [4.78, 5) is 13.5. The first-order valence-electron chi connectivity index (χ1n) is 4.60. The van der Waals surface area contributed by atoms with Gasteiger partial charge in [-0.15, -0.1) is 0 Å². The van der Waals surface area contributed by atoms with Crippen molar-refractivity contribution in [2.75, 3.05) is 30.4 Å². The Balaban J connectivity index is 2.27. The number of thioether (sulfide) groups is 1. The van der Waals surface area contributed by atoms with Gasteiger partial charge in [0.1, 0.15) is 0 Å². The van der Waals surface area contributed by atoms with Crippen LogP contribution in [0.4, 0.5) is 0 Å². The van der Waals surface area contributed by atoms with Crippen LogP contribution in [0.5, 0.6) is 0 Å². The minimum Gasteiger partial charge on any atom is -0.342 e. The fourth-order valence-electron chi connectivity index (χ4n) is 1.66. The summed E-state index contributed by atoms with van der Waals surface area (Å²) < 4.78 is 0. The number of halogens is 1. The third-order valence-corrected chi connectivity index (χ3v) is 3.42. The summed E-state index contributed by atoms with van der Waals surface area (Å²) in [5, 5.41) is 1.06. The lowest BCUT2D eigenvalue weighted by Crippen LogP contribution is -2.30. The van der Waals surface area contributed by atoms with Crippen LogP contribution in [0, 0.1) is 5.92 Å². The summed E-state index contributed by atoms with van der Waals surface area (Å²) in [6.07, 6.45) is 4.36. The van der Waals surface area contributed by atoms with Crippen molar-refractivity contribution in [3.8, 4) is 0 Å². The van der Waals surface area contributed by atoms with Gasteiger partial charge in [-0.1, -0.05) is 15.9 Å². The molecule has 1 saturated heterocycles. The average Bonchev–Trinajstić information content (AvgIpc) is 2.54. The van der Waals surface area contributed by atoms with E-state index in [1.165, 1.54) is 12.8 Å². The Hall–Kier alpha value is 0.300. The maximum atomic E-state index is 11.5. The molecule has 1 amide bonds. The molecule has 1 unspecified atom stereocenters. The Morgan fingerprint density at radius 2 is 2.46 bits per heavy atom. The first-order chi connectivity index (χ1) is 6.27. The molecule has 0 radical (unpaired) electrons. The summed E-state index contributed by atoms with van der Waals surface area (Å²) in [6, 6.07) is 0. The Kier molecular flexibility index (Phi) is 5.17. The van der Waals surface area contributed by atoms with Crippen molar-refractivity contribution >= 4 is 33.6 Å². The highest BCUT2D eigenvalue weighted by Crippen LogP contribution is 2.20. The zero-order valence-electron chi connectivity index (χ0n) is 7.96. The summed E-state index contributed by atoms with van der Waals surface area (Å²) in [5.41, 5.74) is 0. The van der Waals surface area contributed by atoms with Crippen LogP contribution in [-0.2, 0) is 4.79 Å². The van der Waals surface area contributed by atoms with Gasteiger partial charge in [-0.25, -0.2) is 0 Å². The van der Waals surface area contributed by atoms with Gasteiger partial charge < -0.3 is 4.90 Å². The van der Waals surface area contributed by atoms with E-state index in [9.17, 15) is 4.79 Å². The molecule has 0 aromatic carbocycles. The topological polar surface area (TPSA) is 20.3 Å². The fraction of sp³-hybridized carbons (Fsp3) is 0.889. The van der Waals surface area contributed by atoms with Gasteiger partial charge in [-0.2, -0.15) is 11.8 Å². The van der Waals surface area contributed by atoms with Crippen LogP contribution in [0.1, 0.15) is 12.8 Å². The second kappa shape index (κ2) is 5.91. The Morgan fingerprint density at radius 3 is 3.08 bits per heavy atom. The highest BCUT2D eigenvalue weighted by atomic mass is 79.9. The average molecular weight is 266 g/mol. The number of nitrogens with zero attached hydrogens (tertiary/aromatic N) is 1. The lowest BCUT2D eigenvalue weighted by molar-refractivity contribution is -0.127. The van der Waals surface area contributed by atoms with E-state index < -0.39 is 0 Å². The molecule has 1 heterocycles. The first-order valence-corrected chi connectivity index (χ1v) is 7.12. The van der Waals surface area contributed by atoms with E-state index in [2.05, 4.69) is 15.9 Å². The maximum Gasteiger partial charge on any atom is 0.232 e. The summed E-state index contributed by atoms with van der Waals surface area (Å²) in [5.74, 6) is 1.68. The van der Waals surface area contributed by atoms with Gasteiger partial charge in [0.25, 0.3) is 0 Å². The second-order valence-electron chi connectivity index (χ2n) is 3.41. The molecule has 1 fully saturated rings. The third kappa shape index (κ3) is 3.50. The number of amides is 1. The highest BCUT2D eigenvalue weighted by Gasteiger charge is 2.24. The van der Waals surface area contributed by atoms with Gasteiger partial charge >= 0.3 is 0 Å². The monoisotopic (exact) mass is 265 g/mol. The van der Waals surface area contributed by atoms with E-state index in [0.717, 1.165) is 24.3 Å². The largest absolute Gasteiger partial charge is 0.342 e. The predicted octanol–water partition coefficient (Wildman–Crippen LogP) is 1.98. The minimum absolute atomic E-state index is 0.310. The highest BCUT2D eigenvalue weighted by molar-refractivity contribution is 9.09. The molecule has 1 aliphatic heterocycles. The smallest absolute Gasteiger partial charge is 0.232 e. The van der Waals surface area contributed by atoms with Gasteiger partial charge in [0, 0.05) is 18.4 Å². The molecule has 0 saturated carbocycles. The normalized spacial score (nSPS) is 22.3. The molecule has 1 atom stereocenters. The number of likely N-dealkylation sites (tertiary alicyclic amines) is 1. The van der Waals surface area contributed by atoms with Crippen molar-refractivity contribution in [2.24, 2.45) is 5.92 Å². The number of rotatable bonds is 4. The van der Waals surface area contributed by atoms with Crippen molar-refractivity contribution in [1.29, 1.82) is 0 Å². The predicted molar refractivity (Wildman–Crippen MR) is 61.5 cm³/mol. The molecule has 0 aliphatic carbocycles. The van der Waals surface area contributed by atoms with Crippen LogP contribution in [-0.4, -0.2) is 41.2 Å². The van der Waals surface area contributed by atoms with Crippen molar-refractivity contribution in [3.63, 3.8) is 0 Å². The van der Waals surface area contributed by atoms with E-state index in [-0.39, 0.29) is 0 Å². The minimum atomic E-state index is 0.310. The van der Waals surface area contributed by atoms with Gasteiger partial charge in [-0.05, 0) is 25.0 Å². The molecule has 1 aliphatic rings. The van der Waals surface area contributed by atoms with Crippen LogP contribution in [0.3, 0.4) is 0 Å². The zero-order valence-corrected chi connectivity index (χ0v) is 10.4. The molecule has 76 valence electrons. The molecule has 0 N–H and O–H groups in total. The molecule has 4 heteroatoms. The third-order valence-electron chi connectivity index (χ3n) is 2.42. The molecule has 0 aromatic rings. The number of carbonyl (C=O) groups excluding carboxylic acids is 1. The maximum absolute atomic E-state index is 11.5. The lowest BCUT2D eigenvalue weighted by Gasteiger charge is -2.15. The molecular formula is C9H16BrNOS. The zero-order chi connectivity index (χ0) is 9.68. The molecule has 0 bridgehead atoms. The van der Waals surface area contributed by atoms with Gasteiger partial charge in [0.15, 0.2) is 0 Å². The Labute approximate surface area is 92.6 Å². The van der Waals surface area contributed by atoms with E-state index in [1.54, 1.807) is 11.8 Å². The first kappa shape index (κ1) is 11.4. The van der Waals surface area contributed by atoms with Crippen molar-refractivity contribution in [1.82, 2.24) is 4.90 Å². The van der Waals surface area contributed by atoms with Gasteiger partial charge in [0.2, 0.25) is 5.91 Å². The number of alkyl halides is 1. The molecule has 13 heavy (non-hydrogen) atoms. The lowest BCUT2D eigenvalue weighted by atomic mass is 10.1. The van der Waals surface area contributed by atoms with E-state index >= 15 is 0 Å². The van der Waals surface area contributed by atoms with Crippen LogP contribution >= 0.6 is 27.7 Å². The van der Waals surface area contributed by atoms with E-state index in [4.69, 9.17) is 0 Å².